The number of hydroxylamine groups is 2. The fraction of sp³-hybridized carbons (Fsp3) is 0.571. The summed E-state index contributed by atoms with van der Waals surface area (Å²) in [4.78, 5) is 18.6. The number of nitriles is 1. The molecule has 1 aromatic rings. The van der Waals surface area contributed by atoms with E-state index < -0.39 is 0 Å². The van der Waals surface area contributed by atoms with Crippen molar-refractivity contribution in [2.45, 2.75) is 26.3 Å². The summed E-state index contributed by atoms with van der Waals surface area (Å²) in [5.74, 6) is 1.65. The Balaban J connectivity index is 2.37. The smallest absolute Gasteiger partial charge is 0.223 e. The maximum Gasteiger partial charge on any atom is 0.223 e. The van der Waals surface area contributed by atoms with Gasteiger partial charge in [-0.3, -0.25) is 4.79 Å². The van der Waals surface area contributed by atoms with Crippen molar-refractivity contribution < 1.29 is 14.0 Å². The van der Waals surface area contributed by atoms with Gasteiger partial charge in [-0.1, -0.05) is 0 Å². The standard InChI is InChI=1S/C14H21N3O3/c1-12-5-6-13(20-12)11-17(19-3)10-7-14(18)16(2)9-4-8-15/h5-6H,4,7,9-11H2,1-3H3. The van der Waals surface area contributed by atoms with E-state index in [1.54, 1.807) is 24.1 Å². The van der Waals surface area contributed by atoms with Gasteiger partial charge in [0, 0.05) is 26.6 Å². The van der Waals surface area contributed by atoms with Crippen molar-refractivity contribution in [3.63, 3.8) is 0 Å². The SMILES string of the molecule is CON(CCC(=O)N(C)CCC#N)Cc1ccc(C)o1. The second-order valence-corrected chi connectivity index (χ2v) is 4.53. The van der Waals surface area contributed by atoms with E-state index in [0.717, 1.165) is 11.5 Å². The Morgan fingerprint density at radius 2 is 2.20 bits per heavy atom. The van der Waals surface area contributed by atoms with E-state index in [9.17, 15) is 4.79 Å². The zero-order valence-corrected chi connectivity index (χ0v) is 12.3. The monoisotopic (exact) mass is 279 g/mol. The number of aryl methyl sites for hydroxylation is 1. The van der Waals surface area contributed by atoms with E-state index in [-0.39, 0.29) is 5.91 Å². The highest BCUT2D eigenvalue weighted by atomic mass is 16.7. The zero-order chi connectivity index (χ0) is 15.0. The molecule has 110 valence electrons. The number of nitrogens with zero attached hydrogens (tertiary/aromatic N) is 3. The number of rotatable bonds is 8. The van der Waals surface area contributed by atoms with Crippen LogP contribution in [0.15, 0.2) is 16.5 Å². The first-order chi connectivity index (χ1) is 9.56. The van der Waals surface area contributed by atoms with Crippen LogP contribution in [0, 0.1) is 18.3 Å². The Morgan fingerprint density at radius 3 is 2.75 bits per heavy atom. The molecule has 1 heterocycles. The van der Waals surface area contributed by atoms with Gasteiger partial charge in [0.15, 0.2) is 0 Å². The second-order valence-electron chi connectivity index (χ2n) is 4.53. The lowest BCUT2D eigenvalue weighted by atomic mass is 10.3. The lowest BCUT2D eigenvalue weighted by Crippen LogP contribution is -2.32. The zero-order valence-electron chi connectivity index (χ0n) is 12.3. The molecule has 0 unspecified atom stereocenters. The summed E-state index contributed by atoms with van der Waals surface area (Å²) < 4.78 is 5.47. The number of hydrogen-bond acceptors (Lipinski definition) is 5. The molecule has 0 saturated carbocycles. The number of furan rings is 1. The van der Waals surface area contributed by atoms with Gasteiger partial charge in [-0.05, 0) is 19.1 Å². The van der Waals surface area contributed by atoms with Gasteiger partial charge < -0.3 is 14.2 Å². The summed E-state index contributed by atoms with van der Waals surface area (Å²) in [5, 5.41) is 10.2. The van der Waals surface area contributed by atoms with Gasteiger partial charge in [0.2, 0.25) is 5.91 Å². The van der Waals surface area contributed by atoms with Crippen LogP contribution in [0.1, 0.15) is 24.4 Å². The van der Waals surface area contributed by atoms with E-state index in [4.69, 9.17) is 14.5 Å². The molecule has 20 heavy (non-hydrogen) atoms. The highest BCUT2D eigenvalue weighted by Gasteiger charge is 2.13. The molecule has 0 aromatic carbocycles. The van der Waals surface area contributed by atoms with Crippen LogP contribution in [0.5, 0.6) is 0 Å². The van der Waals surface area contributed by atoms with Crippen molar-refractivity contribution in [1.82, 2.24) is 9.96 Å². The normalized spacial score (nSPS) is 10.6. The average molecular weight is 279 g/mol. The Bertz CT molecular complexity index is 464. The molecule has 0 aliphatic rings. The molecule has 0 radical (unpaired) electrons. The molecule has 6 heteroatoms. The van der Waals surface area contributed by atoms with E-state index in [2.05, 4.69) is 0 Å². The molecule has 1 rings (SSSR count). The van der Waals surface area contributed by atoms with Crippen LogP contribution in [-0.2, 0) is 16.2 Å². The van der Waals surface area contributed by atoms with Crippen LogP contribution in [-0.4, -0.2) is 43.1 Å². The Hall–Kier alpha value is -1.84. The third-order valence-corrected chi connectivity index (χ3v) is 2.95. The summed E-state index contributed by atoms with van der Waals surface area (Å²) in [6, 6.07) is 5.81. The highest BCUT2D eigenvalue weighted by Crippen LogP contribution is 2.10. The molecule has 1 amide bonds. The average Bonchev–Trinajstić information content (AvgIpc) is 2.85. The van der Waals surface area contributed by atoms with Crippen molar-refractivity contribution in [2.24, 2.45) is 0 Å². The van der Waals surface area contributed by atoms with Crippen molar-refractivity contribution in [1.29, 1.82) is 5.26 Å². The van der Waals surface area contributed by atoms with Crippen LogP contribution in [0.2, 0.25) is 0 Å². The summed E-state index contributed by atoms with van der Waals surface area (Å²) in [7, 11) is 3.27. The molecular formula is C14H21N3O3. The maximum absolute atomic E-state index is 11.8. The first kappa shape index (κ1) is 16.2. The van der Waals surface area contributed by atoms with Crippen LogP contribution in [0.4, 0.5) is 0 Å². The van der Waals surface area contributed by atoms with Crippen LogP contribution >= 0.6 is 0 Å². The third-order valence-electron chi connectivity index (χ3n) is 2.95. The van der Waals surface area contributed by atoms with Gasteiger partial charge in [0.25, 0.3) is 0 Å². The summed E-state index contributed by atoms with van der Waals surface area (Å²) in [5.41, 5.74) is 0. The molecule has 1 aromatic heterocycles. The molecule has 6 nitrogen and oxygen atoms in total. The lowest BCUT2D eigenvalue weighted by molar-refractivity contribution is -0.151. The summed E-state index contributed by atoms with van der Waals surface area (Å²) in [6.45, 7) is 3.32. The van der Waals surface area contributed by atoms with E-state index >= 15 is 0 Å². The minimum atomic E-state index is -0.00192. The lowest BCUT2D eigenvalue weighted by Gasteiger charge is -2.20. The van der Waals surface area contributed by atoms with Crippen LogP contribution in [0.3, 0.4) is 0 Å². The summed E-state index contributed by atoms with van der Waals surface area (Å²) >= 11 is 0. The van der Waals surface area contributed by atoms with E-state index in [0.29, 0.717) is 32.5 Å². The van der Waals surface area contributed by atoms with Crippen LogP contribution < -0.4 is 0 Å². The van der Waals surface area contributed by atoms with Gasteiger partial charge in [-0.2, -0.15) is 10.3 Å². The third kappa shape index (κ3) is 5.43. The Morgan fingerprint density at radius 1 is 1.45 bits per heavy atom. The first-order valence-electron chi connectivity index (χ1n) is 6.52. The molecule has 0 aliphatic carbocycles. The highest BCUT2D eigenvalue weighted by molar-refractivity contribution is 5.76. The summed E-state index contributed by atoms with van der Waals surface area (Å²) in [6.07, 6.45) is 0.692. The van der Waals surface area contributed by atoms with Crippen molar-refractivity contribution in [3.05, 3.63) is 23.7 Å². The van der Waals surface area contributed by atoms with Crippen molar-refractivity contribution in [3.8, 4) is 6.07 Å². The number of carbonyl (C=O) groups excluding carboxylic acids is 1. The van der Waals surface area contributed by atoms with Gasteiger partial charge in [-0.15, -0.1) is 0 Å². The molecule has 0 aliphatic heterocycles. The van der Waals surface area contributed by atoms with Gasteiger partial charge in [0.05, 0.1) is 26.1 Å². The largest absolute Gasteiger partial charge is 0.465 e. The minimum absolute atomic E-state index is 0.00192. The van der Waals surface area contributed by atoms with Gasteiger partial charge in [0.1, 0.15) is 11.5 Å². The predicted octanol–water partition coefficient (Wildman–Crippen LogP) is 1.71. The van der Waals surface area contributed by atoms with Crippen LogP contribution in [0.25, 0.3) is 0 Å². The fourth-order valence-electron chi connectivity index (χ4n) is 1.73. The Labute approximate surface area is 119 Å². The maximum atomic E-state index is 11.8. The van der Waals surface area contributed by atoms with E-state index in [1.807, 2.05) is 25.1 Å². The second kappa shape index (κ2) is 8.35. The van der Waals surface area contributed by atoms with Gasteiger partial charge >= 0.3 is 0 Å². The molecular weight excluding hydrogens is 258 g/mol. The minimum Gasteiger partial charge on any atom is -0.465 e. The Kier molecular flexibility index (Phi) is 6.77. The van der Waals surface area contributed by atoms with Gasteiger partial charge in [-0.25, -0.2) is 0 Å². The molecule has 0 fully saturated rings. The number of hydrogen-bond donors (Lipinski definition) is 0. The number of amides is 1. The molecule has 0 bridgehead atoms. The number of carbonyl (C=O) groups is 1. The van der Waals surface area contributed by atoms with E-state index in [1.165, 1.54) is 0 Å². The first-order valence-corrected chi connectivity index (χ1v) is 6.52. The topological polar surface area (TPSA) is 69.7 Å². The molecule has 0 atom stereocenters. The molecule has 0 N–H and O–H groups in total. The fourth-order valence-corrected chi connectivity index (χ4v) is 1.73. The molecule has 0 saturated heterocycles. The predicted molar refractivity (Wildman–Crippen MR) is 73.3 cm³/mol. The molecule has 0 spiro atoms. The quantitative estimate of drug-likeness (QED) is 0.678. The van der Waals surface area contributed by atoms with Crippen molar-refractivity contribution >= 4 is 5.91 Å². The van der Waals surface area contributed by atoms with Crippen molar-refractivity contribution in [2.75, 3.05) is 27.2 Å².